The molecule has 1 rings (SSSR count). The van der Waals surface area contributed by atoms with Gasteiger partial charge in [0.1, 0.15) is 0 Å². The van der Waals surface area contributed by atoms with Crippen molar-refractivity contribution in [2.24, 2.45) is 0 Å². The van der Waals surface area contributed by atoms with Gasteiger partial charge in [0.05, 0.1) is 4.90 Å². The van der Waals surface area contributed by atoms with Crippen LogP contribution in [0.15, 0.2) is 29.2 Å². The molecule has 0 spiro atoms. The summed E-state index contributed by atoms with van der Waals surface area (Å²) in [5.41, 5.74) is -0.340. The van der Waals surface area contributed by atoms with Crippen molar-refractivity contribution in [3.8, 4) is 0 Å². The third kappa shape index (κ3) is 3.71. The lowest BCUT2D eigenvalue weighted by Gasteiger charge is -2.22. The van der Waals surface area contributed by atoms with E-state index < -0.39 is 26.8 Å². The van der Waals surface area contributed by atoms with Gasteiger partial charge in [-0.3, -0.25) is 0 Å². The summed E-state index contributed by atoms with van der Waals surface area (Å²) in [6.45, 7) is 5.11. The number of hydrogen-bond donors (Lipinski definition) is 0. The molecule has 0 saturated heterocycles. The Kier molecular flexibility index (Phi) is 3.78. The Morgan fingerprint density at radius 2 is 1.56 bits per heavy atom. The van der Waals surface area contributed by atoms with Crippen LogP contribution in [0, 0.1) is 0 Å². The summed E-state index contributed by atoms with van der Waals surface area (Å²) < 4.78 is 62.6. The highest BCUT2D eigenvalue weighted by atomic mass is 32.2. The summed E-state index contributed by atoms with van der Waals surface area (Å²) >= 11 is 0. The number of halogens is 3. The van der Waals surface area contributed by atoms with Crippen LogP contribution in [0.5, 0.6) is 0 Å². The molecule has 0 N–H and O–H groups in total. The molecule has 0 aromatic heterocycles. The van der Waals surface area contributed by atoms with E-state index >= 15 is 0 Å². The van der Waals surface area contributed by atoms with Gasteiger partial charge in [-0.2, -0.15) is 12.6 Å². The molecule has 1 aromatic carbocycles. The lowest BCUT2D eigenvalue weighted by Crippen LogP contribution is -2.23. The van der Waals surface area contributed by atoms with Crippen LogP contribution in [-0.2, 0) is 19.7 Å². The average molecular weight is 282 g/mol. The molecule has 0 bridgehead atoms. The topological polar surface area (TPSA) is 43.4 Å². The van der Waals surface area contributed by atoms with Crippen molar-refractivity contribution in [3.63, 3.8) is 0 Å². The molecule has 7 heteroatoms. The first kappa shape index (κ1) is 15.0. The van der Waals surface area contributed by atoms with Crippen LogP contribution in [0.3, 0.4) is 0 Å². The Balaban J connectivity index is 3.35. The SMILES string of the molecule is CC(C)(C)c1ccccc1S(=O)(=O)OC(F)(F)F. The fraction of sp³-hybridized carbons (Fsp3) is 0.455. The van der Waals surface area contributed by atoms with Gasteiger partial charge in [-0.1, -0.05) is 39.0 Å². The molecule has 3 nitrogen and oxygen atoms in total. The summed E-state index contributed by atoms with van der Waals surface area (Å²) in [6.07, 6.45) is -5.23. The largest absolute Gasteiger partial charge is 0.537 e. The van der Waals surface area contributed by atoms with Gasteiger partial charge in [0.25, 0.3) is 0 Å². The van der Waals surface area contributed by atoms with Crippen molar-refractivity contribution in [3.05, 3.63) is 29.8 Å². The van der Waals surface area contributed by atoms with Gasteiger partial charge >= 0.3 is 16.5 Å². The van der Waals surface area contributed by atoms with E-state index in [-0.39, 0.29) is 5.56 Å². The van der Waals surface area contributed by atoms with E-state index in [0.29, 0.717) is 0 Å². The Labute approximate surface area is 104 Å². The van der Waals surface area contributed by atoms with E-state index in [1.54, 1.807) is 26.8 Å². The molecular formula is C11H13F3O3S. The quantitative estimate of drug-likeness (QED) is 0.782. The van der Waals surface area contributed by atoms with Crippen LogP contribution in [-0.4, -0.2) is 14.8 Å². The van der Waals surface area contributed by atoms with Crippen LogP contribution in [0.2, 0.25) is 0 Å². The minimum Gasteiger partial charge on any atom is -0.194 e. The van der Waals surface area contributed by atoms with E-state index in [9.17, 15) is 21.6 Å². The number of alkyl halides is 3. The normalized spacial score (nSPS) is 13.7. The Morgan fingerprint density at radius 1 is 1.06 bits per heavy atom. The molecule has 0 aliphatic carbocycles. The van der Waals surface area contributed by atoms with Gasteiger partial charge in [0.2, 0.25) is 0 Å². The van der Waals surface area contributed by atoms with Gasteiger partial charge < -0.3 is 0 Å². The second kappa shape index (κ2) is 4.55. The zero-order chi connectivity index (χ0) is 14.2. The fourth-order valence-electron chi connectivity index (χ4n) is 1.47. The van der Waals surface area contributed by atoms with E-state index in [1.807, 2.05) is 0 Å². The highest BCUT2D eigenvalue weighted by molar-refractivity contribution is 7.86. The van der Waals surface area contributed by atoms with Crippen molar-refractivity contribution in [1.29, 1.82) is 0 Å². The second-order valence-electron chi connectivity index (χ2n) is 4.73. The predicted octanol–water partition coefficient (Wildman–Crippen LogP) is 3.21. The average Bonchev–Trinajstić information content (AvgIpc) is 2.12. The standard InChI is InChI=1S/C11H13F3O3S/c1-10(2,3)8-6-4-5-7-9(8)18(15,16)17-11(12,13)14/h4-7H,1-3H3. The molecule has 0 aliphatic rings. The highest BCUT2D eigenvalue weighted by Gasteiger charge is 2.39. The summed E-state index contributed by atoms with van der Waals surface area (Å²) in [4.78, 5) is -0.463. The molecule has 102 valence electrons. The Bertz CT molecular complexity index is 527. The van der Waals surface area contributed by atoms with Gasteiger partial charge in [0.15, 0.2) is 0 Å². The zero-order valence-corrected chi connectivity index (χ0v) is 10.9. The van der Waals surface area contributed by atoms with E-state index in [2.05, 4.69) is 4.18 Å². The van der Waals surface area contributed by atoms with Crippen molar-refractivity contribution in [2.75, 3.05) is 0 Å². The zero-order valence-electron chi connectivity index (χ0n) is 10.1. The van der Waals surface area contributed by atoms with Crippen LogP contribution < -0.4 is 0 Å². The molecule has 0 saturated carbocycles. The lowest BCUT2D eigenvalue weighted by atomic mass is 9.87. The first-order valence-corrected chi connectivity index (χ1v) is 6.46. The molecular weight excluding hydrogens is 269 g/mol. The third-order valence-electron chi connectivity index (χ3n) is 2.17. The van der Waals surface area contributed by atoms with Crippen molar-refractivity contribution >= 4 is 10.1 Å². The summed E-state index contributed by atoms with van der Waals surface area (Å²) in [6, 6.07) is 5.48. The van der Waals surface area contributed by atoms with E-state index in [1.165, 1.54) is 12.1 Å². The first-order valence-electron chi connectivity index (χ1n) is 5.05. The predicted molar refractivity (Wildman–Crippen MR) is 59.5 cm³/mol. The summed E-state index contributed by atoms with van der Waals surface area (Å²) in [5.74, 6) is 0. The summed E-state index contributed by atoms with van der Waals surface area (Å²) in [5, 5.41) is 0. The van der Waals surface area contributed by atoms with Gasteiger partial charge in [-0.15, -0.1) is 13.2 Å². The minimum atomic E-state index is -5.23. The van der Waals surface area contributed by atoms with Crippen molar-refractivity contribution in [2.45, 2.75) is 37.4 Å². The van der Waals surface area contributed by atoms with Crippen LogP contribution >= 0.6 is 0 Å². The smallest absolute Gasteiger partial charge is 0.194 e. The molecule has 1 aromatic rings. The fourth-order valence-corrected chi connectivity index (χ4v) is 2.70. The second-order valence-corrected chi connectivity index (χ2v) is 6.24. The molecule has 0 heterocycles. The van der Waals surface area contributed by atoms with E-state index in [4.69, 9.17) is 0 Å². The third-order valence-corrected chi connectivity index (χ3v) is 3.47. The van der Waals surface area contributed by atoms with Crippen LogP contribution in [0.4, 0.5) is 13.2 Å². The maximum absolute atomic E-state index is 12.1. The van der Waals surface area contributed by atoms with Gasteiger partial charge in [0, 0.05) is 0 Å². The molecule has 0 aliphatic heterocycles. The molecule has 0 fully saturated rings. The van der Waals surface area contributed by atoms with Crippen molar-refractivity contribution in [1.82, 2.24) is 0 Å². The molecule has 0 radical (unpaired) electrons. The van der Waals surface area contributed by atoms with Crippen molar-refractivity contribution < 1.29 is 25.8 Å². The number of hydrogen-bond acceptors (Lipinski definition) is 3. The van der Waals surface area contributed by atoms with Crippen LogP contribution in [0.25, 0.3) is 0 Å². The van der Waals surface area contributed by atoms with E-state index in [0.717, 1.165) is 6.07 Å². The van der Waals surface area contributed by atoms with Gasteiger partial charge in [-0.25, -0.2) is 0 Å². The minimum absolute atomic E-state index is 0.272. The number of benzene rings is 1. The Hall–Kier alpha value is -1.08. The Morgan fingerprint density at radius 3 is 2.00 bits per heavy atom. The van der Waals surface area contributed by atoms with Gasteiger partial charge in [-0.05, 0) is 17.0 Å². The maximum Gasteiger partial charge on any atom is 0.537 e. The monoisotopic (exact) mass is 282 g/mol. The molecule has 18 heavy (non-hydrogen) atoms. The van der Waals surface area contributed by atoms with Crippen LogP contribution in [0.1, 0.15) is 26.3 Å². The lowest BCUT2D eigenvalue weighted by molar-refractivity contribution is -0.271. The number of rotatable bonds is 2. The maximum atomic E-state index is 12.1. The molecule has 0 atom stereocenters. The highest BCUT2D eigenvalue weighted by Crippen LogP contribution is 2.32. The molecule has 0 unspecified atom stereocenters. The first-order chi connectivity index (χ1) is 7.93. The summed E-state index contributed by atoms with van der Waals surface area (Å²) in [7, 11) is -4.86. The molecule has 0 amide bonds.